The number of alkyl halides is 2. The highest BCUT2D eigenvalue weighted by atomic mass is 19.3. The van der Waals surface area contributed by atoms with Crippen LogP contribution in [0, 0.1) is 0 Å². The van der Waals surface area contributed by atoms with E-state index in [2.05, 4.69) is 4.74 Å². The Kier molecular flexibility index (Phi) is 6.01. The second-order valence-electron chi connectivity index (χ2n) is 4.92. The normalized spacial score (nSPS) is 10.5. The Morgan fingerprint density at radius 1 is 1.04 bits per heavy atom. The van der Waals surface area contributed by atoms with Gasteiger partial charge in [-0.25, -0.2) is 4.79 Å². The molecule has 4 nitrogen and oxygen atoms in total. The van der Waals surface area contributed by atoms with Gasteiger partial charge in [0, 0.05) is 5.56 Å². The Balaban J connectivity index is 2.01. The maximum Gasteiger partial charge on any atom is 0.387 e. The molecule has 0 aliphatic carbocycles. The Morgan fingerprint density at radius 3 is 2.33 bits per heavy atom. The lowest BCUT2D eigenvalue weighted by atomic mass is 10.1. The van der Waals surface area contributed by atoms with Crippen LogP contribution >= 0.6 is 0 Å². The molecular formula is C18H16F2O4. The van der Waals surface area contributed by atoms with Crippen molar-refractivity contribution in [2.75, 3.05) is 6.61 Å². The number of esters is 1. The molecule has 24 heavy (non-hydrogen) atoms. The van der Waals surface area contributed by atoms with Gasteiger partial charge in [0.2, 0.25) is 0 Å². The van der Waals surface area contributed by atoms with Crippen LogP contribution in [0.15, 0.2) is 48.5 Å². The fraction of sp³-hybridized carbons (Fsp3) is 0.222. The number of Topliss-reactive ketones (excluding diaryl/α,β-unsaturated/α-hetero) is 1. The number of para-hydroxylation sites is 1. The molecule has 0 unspecified atom stereocenters. The summed E-state index contributed by atoms with van der Waals surface area (Å²) in [6, 6.07) is 12.4. The van der Waals surface area contributed by atoms with E-state index >= 15 is 0 Å². The molecule has 0 spiro atoms. The van der Waals surface area contributed by atoms with Crippen LogP contribution in [-0.2, 0) is 11.2 Å². The van der Waals surface area contributed by atoms with Gasteiger partial charge in [-0.3, -0.25) is 4.79 Å². The number of hydrogen-bond donors (Lipinski definition) is 0. The Morgan fingerprint density at radius 2 is 1.71 bits per heavy atom. The molecule has 2 aromatic rings. The van der Waals surface area contributed by atoms with Crippen LogP contribution in [0.25, 0.3) is 0 Å². The molecule has 0 radical (unpaired) electrons. The molecule has 2 rings (SSSR count). The third kappa shape index (κ3) is 4.62. The largest absolute Gasteiger partial charge is 0.454 e. The first-order valence-electron chi connectivity index (χ1n) is 7.34. The van der Waals surface area contributed by atoms with Gasteiger partial charge in [0.25, 0.3) is 0 Å². The molecule has 2 aromatic carbocycles. The van der Waals surface area contributed by atoms with E-state index in [1.54, 1.807) is 12.1 Å². The lowest BCUT2D eigenvalue weighted by Gasteiger charge is -2.10. The summed E-state index contributed by atoms with van der Waals surface area (Å²) in [6.45, 7) is -1.54. The van der Waals surface area contributed by atoms with Crippen LogP contribution in [0.3, 0.4) is 0 Å². The van der Waals surface area contributed by atoms with Crippen molar-refractivity contribution in [3.63, 3.8) is 0 Å². The first-order chi connectivity index (χ1) is 11.5. The van der Waals surface area contributed by atoms with E-state index in [9.17, 15) is 18.4 Å². The molecule has 0 bridgehead atoms. The van der Waals surface area contributed by atoms with Crippen LogP contribution in [-0.4, -0.2) is 25.0 Å². The van der Waals surface area contributed by atoms with E-state index in [-0.39, 0.29) is 17.1 Å². The number of carbonyl (C=O) groups is 2. The minimum absolute atomic E-state index is 0.160. The van der Waals surface area contributed by atoms with Gasteiger partial charge >= 0.3 is 12.6 Å². The molecule has 126 valence electrons. The Labute approximate surface area is 138 Å². The van der Waals surface area contributed by atoms with E-state index < -0.39 is 19.2 Å². The third-order valence-corrected chi connectivity index (χ3v) is 3.34. The van der Waals surface area contributed by atoms with E-state index in [0.29, 0.717) is 5.56 Å². The molecule has 6 heteroatoms. The number of benzene rings is 2. The van der Waals surface area contributed by atoms with Crippen LogP contribution in [0.2, 0.25) is 0 Å². The number of rotatable bonds is 7. The lowest BCUT2D eigenvalue weighted by Crippen LogP contribution is -2.16. The first-order valence-corrected chi connectivity index (χ1v) is 7.34. The molecule has 0 heterocycles. The highest BCUT2D eigenvalue weighted by Gasteiger charge is 2.18. The number of halogens is 2. The lowest BCUT2D eigenvalue weighted by molar-refractivity contribution is -0.0504. The maximum atomic E-state index is 12.3. The smallest absolute Gasteiger partial charge is 0.387 e. The van der Waals surface area contributed by atoms with Crippen molar-refractivity contribution in [2.24, 2.45) is 0 Å². The SMILES string of the molecule is CCc1ccc(C(=O)COC(=O)c2ccccc2OC(F)F)cc1. The summed E-state index contributed by atoms with van der Waals surface area (Å²) in [6.07, 6.45) is 0.852. The van der Waals surface area contributed by atoms with E-state index in [4.69, 9.17) is 4.74 Å². The monoisotopic (exact) mass is 334 g/mol. The predicted octanol–water partition coefficient (Wildman–Crippen LogP) is 3.89. The summed E-state index contributed by atoms with van der Waals surface area (Å²) in [4.78, 5) is 24.0. The molecule has 0 amide bonds. The molecule has 0 fully saturated rings. The average Bonchev–Trinajstić information content (AvgIpc) is 2.59. The topological polar surface area (TPSA) is 52.6 Å². The molecule has 0 atom stereocenters. The van der Waals surface area contributed by atoms with Crippen LogP contribution in [0.1, 0.15) is 33.2 Å². The van der Waals surface area contributed by atoms with Crippen molar-refractivity contribution in [2.45, 2.75) is 20.0 Å². The molecule has 0 N–H and O–H groups in total. The number of ether oxygens (including phenoxy) is 2. The summed E-state index contributed by atoms with van der Waals surface area (Å²) < 4.78 is 33.8. The van der Waals surface area contributed by atoms with Crippen LogP contribution in [0.5, 0.6) is 5.75 Å². The first kappa shape index (κ1) is 17.6. The minimum Gasteiger partial charge on any atom is -0.454 e. The third-order valence-electron chi connectivity index (χ3n) is 3.34. The fourth-order valence-corrected chi connectivity index (χ4v) is 2.05. The zero-order valence-corrected chi connectivity index (χ0v) is 13.0. The van der Waals surface area contributed by atoms with Crippen molar-refractivity contribution in [3.8, 4) is 5.75 Å². The second-order valence-corrected chi connectivity index (χ2v) is 4.92. The quantitative estimate of drug-likeness (QED) is 0.569. The molecule has 0 aromatic heterocycles. The van der Waals surface area contributed by atoms with Crippen molar-refractivity contribution in [1.82, 2.24) is 0 Å². The number of ketones is 1. The molecule has 0 aliphatic rings. The number of hydrogen-bond acceptors (Lipinski definition) is 4. The summed E-state index contributed by atoms with van der Waals surface area (Å²) in [5.74, 6) is -1.57. The molecule has 0 saturated carbocycles. The number of aryl methyl sites for hydroxylation is 1. The van der Waals surface area contributed by atoms with Gasteiger partial charge in [-0.15, -0.1) is 0 Å². The number of carbonyl (C=O) groups excluding carboxylic acids is 2. The standard InChI is InChI=1S/C18H16F2O4/c1-2-12-7-9-13(10-8-12)15(21)11-23-17(22)14-5-3-4-6-16(14)24-18(19)20/h3-10,18H,2,11H2,1H3. The van der Waals surface area contributed by atoms with E-state index in [0.717, 1.165) is 12.0 Å². The maximum absolute atomic E-state index is 12.3. The Bertz CT molecular complexity index is 711. The van der Waals surface area contributed by atoms with Crippen LogP contribution < -0.4 is 4.74 Å². The summed E-state index contributed by atoms with van der Waals surface area (Å²) in [5, 5.41) is 0. The van der Waals surface area contributed by atoms with Gasteiger partial charge in [-0.05, 0) is 24.1 Å². The van der Waals surface area contributed by atoms with Gasteiger partial charge in [0.05, 0.1) is 0 Å². The van der Waals surface area contributed by atoms with Gasteiger partial charge in [-0.1, -0.05) is 43.3 Å². The summed E-state index contributed by atoms with van der Waals surface area (Å²) in [7, 11) is 0. The highest BCUT2D eigenvalue weighted by Crippen LogP contribution is 2.21. The van der Waals surface area contributed by atoms with Crippen molar-refractivity contribution in [1.29, 1.82) is 0 Å². The minimum atomic E-state index is -3.06. The fourth-order valence-electron chi connectivity index (χ4n) is 2.05. The van der Waals surface area contributed by atoms with E-state index in [1.165, 1.54) is 24.3 Å². The molecular weight excluding hydrogens is 318 g/mol. The van der Waals surface area contributed by atoms with Crippen molar-refractivity contribution < 1.29 is 27.8 Å². The second kappa shape index (κ2) is 8.19. The average molecular weight is 334 g/mol. The van der Waals surface area contributed by atoms with Crippen molar-refractivity contribution >= 4 is 11.8 Å². The zero-order valence-electron chi connectivity index (χ0n) is 13.0. The Hall–Kier alpha value is -2.76. The molecule has 0 saturated heterocycles. The predicted molar refractivity (Wildman–Crippen MR) is 83.5 cm³/mol. The molecule has 0 aliphatic heterocycles. The van der Waals surface area contributed by atoms with Crippen molar-refractivity contribution in [3.05, 3.63) is 65.2 Å². The van der Waals surface area contributed by atoms with E-state index in [1.807, 2.05) is 19.1 Å². The van der Waals surface area contributed by atoms with Crippen LogP contribution in [0.4, 0.5) is 8.78 Å². The van der Waals surface area contributed by atoms with Gasteiger partial charge in [0.1, 0.15) is 11.3 Å². The van der Waals surface area contributed by atoms with Gasteiger partial charge in [-0.2, -0.15) is 8.78 Å². The summed E-state index contributed by atoms with van der Waals surface area (Å²) in [5.41, 5.74) is 1.34. The highest BCUT2D eigenvalue weighted by molar-refractivity contribution is 6.00. The van der Waals surface area contributed by atoms with Gasteiger partial charge in [0.15, 0.2) is 12.4 Å². The van der Waals surface area contributed by atoms with Gasteiger partial charge < -0.3 is 9.47 Å². The zero-order chi connectivity index (χ0) is 17.5. The summed E-state index contributed by atoms with van der Waals surface area (Å²) >= 11 is 0.